The number of hydrogen-bond donors (Lipinski definition) is 1. The van der Waals surface area contributed by atoms with Crippen molar-refractivity contribution < 1.29 is 4.74 Å². The molecule has 104 valence electrons. The van der Waals surface area contributed by atoms with Crippen molar-refractivity contribution >= 4 is 11.6 Å². The van der Waals surface area contributed by atoms with Crippen molar-refractivity contribution in [1.29, 1.82) is 0 Å². The highest BCUT2D eigenvalue weighted by atomic mass is 35.5. The normalized spacial score (nSPS) is 24.8. The van der Waals surface area contributed by atoms with Crippen LogP contribution in [0.1, 0.15) is 56.4 Å². The van der Waals surface area contributed by atoms with Gasteiger partial charge in [-0.05, 0) is 74.8 Å². The molecule has 0 bridgehead atoms. The van der Waals surface area contributed by atoms with E-state index in [1.54, 1.807) is 0 Å². The van der Waals surface area contributed by atoms with Crippen molar-refractivity contribution in [3.63, 3.8) is 0 Å². The summed E-state index contributed by atoms with van der Waals surface area (Å²) in [4.78, 5) is 0. The van der Waals surface area contributed by atoms with E-state index in [-0.39, 0.29) is 5.60 Å². The Hall–Kier alpha value is -0.730. The summed E-state index contributed by atoms with van der Waals surface area (Å²) in [5.41, 5.74) is 7.13. The van der Waals surface area contributed by atoms with Crippen molar-refractivity contribution in [2.75, 3.05) is 6.54 Å². The Morgan fingerprint density at radius 2 is 2.05 bits per heavy atom. The first-order valence-electron chi connectivity index (χ1n) is 7.41. The van der Waals surface area contributed by atoms with Gasteiger partial charge in [-0.15, -0.1) is 0 Å². The summed E-state index contributed by atoms with van der Waals surface area (Å²) in [5, 5.41) is 0.795. The third-order valence-corrected chi connectivity index (χ3v) is 4.87. The van der Waals surface area contributed by atoms with Crippen LogP contribution in [0.25, 0.3) is 0 Å². The van der Waals surface area contributed by atoms with Gasteiger partial charge >= 0.3 is 0 Å². The molecule has 1 saturated carbocycles. The van der Waals surface area contributed by atoms with Gasteiger partial charge in [0.05, 0.1) is 0 Å². The Morgan fingerprint density at radius 3 is 2.79 bits per heavy atom. The van der Waals surface area contributed by atoms with Gasteiger partial charge in [-0.2, -0.15) is 0 Å². The van der Waals surface area contributed by atoms with E-state index in [2.05, 4.69) is 6.07 Å². The van der Waals surface area contributed by atoms with Gasteiger partial charge < -0.3 is 10.5 Å². The summed E-state index contributed by atoms with van der Waals surface area (Å²) in [6.07, 6.45) is 8.44. The molecule has 2 nitrogen and oxygen atoms in total. The molecular formula is C16H22ClNO. The molecule has 2 aliphatic rings. The van der Waals surface area contributed by atoms with E-state index in [0.29, 0.717) is 5.92 Å². The lowest BCUT2D eigenvalue weighted by Gasteiger charge is -2.44. The maximum absolute atomic E-state index is 6.39. The largest absolute Gasteiger partial charge is 0.487 e. The average molecular weight is 280 g/mol. The van der Waals surface area contributed by atoms with Crippen LogP contribution >= 0.6 is 11.6 Å². The van der Waals surface area contributed by atoms with Gasteiger partial charge in [-0.3, -0.25) is 0 Å². The first-order valence-corrected chi connectivity index (χ1v) is 7.79. The molecule has 0 saturated heterocycles. The zero-order valence-electron chi connectivity index (χ0n) is 11.3. The predicted octanol–water partition coefficient (Wildman–Crippen LogP) is 4.26. The summed E-state index contributed by atoms with van der Waals surface area (Å²) in [6, 6.07) is 6.03. The van der Waals surface area contributed by atoms with Gasteiger partial charge in [0, 0.05) is 5.02 Å². The number of hydrogen-bond acceptors (Lipinski definition) is 2. The van der Waals surface area contributed by atoms with Crippen molar-refractivity contribution in [2.45, 2.75) is 56.5 Å². The quantitative estimate of drug-likeness (QED) is 0.878. The van der Waals surface area contributed by atoms with Crippen molar-refractivity contribution in [3.8, 4) is 5.75 Å². The topological polar surface area (TPSA) is 35.2 Å². The van der Waals surface area contributed by atoms with Gasteiger partial charge in [0.2, 0.25) is 0 Å². The lowest BCUT2D eigenvalue weighted by Crippen LogP contribution is -2.43. The van der Waals surface area contributed by atoms with Crippen LogP contribution < -0.4 is 10.5 Å². The number of nitrogens with two attached hydrogens (primary N) is 1. The molecule has 1 atom stereocenters. The standard InChI is InChI=1S/C16H22ClNO/c17-13-4-5-15-14(10-13)12(6-9-18)11-16(19-15)7-2-1-3-8-16/h4-5,10,12H,1-3,6-9,11,18H2. The molecule has 0 amide bonds. The highest BCUT2D eigenvalue weighted by Gasteiger charge is 2.41. The molecule has 1 heterocycles. The zero-order valence-corrected chi connectivity index (χ0v) is 12.1. The summed E-state index contributed by atoms with van der Waals surface area (Å²) >= 11 is 6.13. The molecule has 1 spiro atoms. The molecule has 3 heteroatoms. The van der Waals surface area contributed by atoms with E-state index in [1.165, 1.54) is 37.7 Å². The van der Waals surface area contributed by atoms with Crippen molar-refractivity contribution in [2.24, 2.45) is 5.73 Å². The molecule has 1 fully saturated rings. The van der Waals surface area contributed by atoms with E-state index >= 15 is 0 Å². The Morgan fingerprint density at radius 1 is 1.26 bits per heavy atom. The molecule has 1 unspecified atom stereocenters. The number of fused-ring (bicyclic) bond motifs is 1. The third kappa shape index (κ3) is 2.61. The van der Waals surface area contributed by atoms with Gasteiger partial charge in [0.1, 0.15) is 11.4 Å². The molecule has 1 aliphatic heterocycles. The van der Waals surface area contributed by atoms with Crippen LogP contribution in [0.5, 0.6) is 5.75 Å². The first-order chi connectivity index (χ1) is 9.22. The SMILES string of the molecule is NCCC1CC2(CCCCC2)Oc2ccc(Cl)cc21. The van der Waals surface area contributed by atoms with Crippen LogP contribution in [0.3, 0.4) is 0 Å². The first kappa shape index (κ1) is 13.3. The minimum absolute atomic E-state index is 0.0684. The van der Waals surface area contributed by atoms with Crippen LogP contribution in [0.4, 0.5) is 0 Å². The Bertz CT molecular complexity index is 454. The minimum Gasteiger partial charge on any atom is -0.487 e. The minimum atomic E-state index is 0.0684. The molecule has 19 heavy (non-hydrogen) atoms. The molecular weight excluding hydrogens is 258 g/mol. The average Bonchev–Trinajstić information content (AvgIpc) is 2.41. The molecule has 0 aromatic heterocycles. The summed E-state index contributed by atoms with van der Waals surface area (Å²) < 4.78 is 6.39. The maximum Gasteiger partial charge on any atom is 0.123 e. The second kappa shape index (κ2) is 5.34. The lowest BCUT2D eigenvalue weighted by molar-refractivity contribution is 0.000635. The van der Waals surface area contributed by atoms with E-state index in [9.17, 15) is 0 Å². The fourth-order valence-electron chi connectivity index (χ4n) is 3.73. The van der Waals surface area contributed by atoms with E-state index < -0.39 is 0 Å². The zero-order chi connectivity index (χ0) is 13.3. The third-order valence-electron chi connectivity index (χ3n) is 4.64. The number of rotatable bonds is 2. The fourth-order valence-corrected chi connectivity index (χ4v) is 3.91. The molecule has 2 N–H and O–H groups in total. The second-order valence-corrected chi connectivity index (χ2v) is 6.44. The van der Waals surface area contributed by atoms with Gasteiger partial charge in [0.25, 0.3) is 0 Å². The summed E-state index contributed by atoms with van der Waals surface area (Å²) in [5.74, 6) is 1.54. The monoisotopic (exact) mass is 279 g/mol. The van der Waals surface area contributed by atoms with Crippen LogP contribution in [0, 0.1) is 0 Å². The van der Waals surface area contributed by atoms with Crippen LogP contribution in [-0.2, 0) is 0 Å². The summed E-state index contributed by atoms with van der Waals surface area (Å²) in [6.45, 7) is 0.729. The Labute approximate surface area is 120 Å². The Balaban J connectivity index is 1.94. The summed E-state index contributed by atoms with van der Waals surface area (Å²) in [7, 11) is 0. The molecule has 3 rings (SSSR count). The fraction of sp³-hybridized carbons (Fsp3) is 0.625. The van der Waals surface area contributed by atoms with Crippen LogP contribution in [0.2, 0.25) is 5.02 Å². The second-order valence-electron chi connectivity index (χ2n) is 6.01. The van der Waals surface area contributed by atoms with Gasteiger partial charge in [0.15, 0.2) is 0 Å². The molecule has 1 aliphatic carbocycles. The molecule has 1 aromatic rings. The Kier molecular flexibility index (Phi) is 3.72. The number of benzene rings is 1. The van der Waals surface area contributed by atoms with Crippen LogP contribution in [-0.4, -0.2) is 12.1 Å². The predicted molar refractivity (Wildman–Crippen MR) is 78.9 cm³/mol. The smallest absolute Gasteiger partial charge is 0.123 e. The number of halogens is 1. The van der Waals surface area contributed by atoms with E-state index in [4.69, 9.17) is 22.1 Å². The molecule has 1 aromatic carbocycles. The highest BCUT2D eigenvalue weighted by molar-refractivity contribution is 6.30. The van der Waals surface area contributed by atoms with E-state index in [1.807, 2.05) is 12.1 Å². The maximum atomic E-state index is 6.39. The van der Waals surface area contributed by atoms with Gasteiger partial charge in [-0.1, -0.05) is 18.0 Å². The van der Waals surface area contributed by atoms with Crippen molar-refractivity contribution in [3.05, 3.63) is 28.8 Å². The lowest BCUT2D eigenvalue weighted by atomic mass is 9.74. The van der Waals surface area contributed by atoms with Gasteiger partial charge in [-0.25, -0.2) is 0 Å². The van der Waals surface area contributed by atoms with Crippen molar-refractivity contribution in [1.82, 2.24) is 0 Å². The molecule has 0 radical (unpaired) electrons. The van der Waals surface area contributed by atoms with E-state index in [0.717, 1.165) is 30.2 Å². The highest BCUT2D eigenvalue weighted by Crippen LogP contribution is 2.48. The van der Waals surface area contributed by atoms with Crippen LogP contribution in [0.15, 0.2) is 18.2 Å². The number of ether oxygens (including phenoxy) is 1.